The smallest absolute Gasteiger partial charge is 0.131 e. The van der Waals surface area contributed by atoms with Gasteiger partial charge in [-0.15, -0.1) is 22.7 Å². The van der Waals surface area contributed by atoms with E-state index < -0.39 is 0 Å². The van der Waals surface area contributed by atoms with Crippen molar-refractivity contribution in [2.24, 2.45) is 0 Å². The van der Waals surface area contributed by atoms with Crippen LogP contribution in [0.4, 0.5) is 0 Å². The van der Waals surface area contributed by atoms with Crippen molar-refractivity contribution >= 4 is 22.7 Å². The summed E-state index contributed by atoms with van der Waals surface area (Å²) in [7, 11) is 0. The van der Waals surface area contributed by atoms with Gasteiger partial charge in [-0.1, -0.05) is 50.7 Å². The van der Waals surface area contributed by atoms with Crippen molar-refractivity contribution in [2.75, 3.05) is 26.4 Å². The Hall–Kier alpha value is -2.96. The first-order chi connectivity index (χ1) is 19.9. The largest absolute Gasteiger partial charge is 0.493 e. The molecule has 4 aromatic rings. The van der Waals surface area contributed by atoms with Crippen LogP contribution in [0.3, 0.4) is 0 Å². The highest BCUT2D eigenvalue weighted by molar-refractivity contribution is 7.25. The average Bonchev–Trinajstić information content (AvgIpc) is 3.65. The van der Waals surface area contributed by atoms with Crippen LogP contribution in [0.5, 0.6) is 23.0 Å². The number of thiophene rings is 2. The van der Waals surface area contributed by atoms with Gasteiger partial charge in [-0.05, 0) is 74.2 Å². The normalized spacial score (nSPS) is 16.9. The molecule has 2 aliphatic rings. The molecule has 6 bridgehead atoms. The van der Waals surface area contributed by atoms with Crippen molar-refractivity contribution in [3.8, 4) is 53.6 Å². The molecule has 0 aliphatic carbocycles. The monoisotopic (exact) mass is 574 g/mol. The lowest BCUT2D eigenvalue weighted by Gasteiger charge is -2.16. The molecule has 0 spiro atoms. The molecule has 0 N–H and O–H groups in total. The standard InChI is InChI=1S/C34H38O4S2/c1-3-7-21-35-25-13-11-15-27-33(25)31-19-17-29(39-31)30-18-20-32(40-30)34-26(36-22-8-4-1)14-12-16-28(34)38-24-10-6-2-5-9-23-37-27/h11-20H,1-10,21-24H2. The van der Waals surface area contributed by atoms with Crippen molar-refractivity contribution in [3.05, 3.63) is 60.7 Å². The summed E-state index contributed by atoms with van der Waals surface area (Å²) in [5.74, 6) is 3.69. The van der Waals surface area contributed by atoms with E-state index in [4.69, 9.17) is 18.9 Å². The molecule has 0 saturated carbocycles. The predicted molar refractivity (Wildman–Crippen MR) is 167 cm³/mol. The Bertz CT molecular complexity index is 1230. The summed E-state index contributed by atoms with van der Waals surface area (Å²) in [6, 6.07) is 21.4. The Morgan fingerprint density at radius 1 is 0.350 bits per heavy atom. The maximum Gasteiger partial charge on any atom is 0.131 e. The Labute approximate surface area is 245 Å². The molecule has 4 heterocycles. The summed E-state index contributed by atoms with van der Waals surface area (Å²) in [5, 5.41) is 0. The molecular weight excluding hydrogens is 537 g/mol. The van der Waals surface area contributed by atoms with Gasteiger partial charge in [-0.2, -0.15) is 0 Å². The van der Waals surface area contributed by atoms with Crippen molar-refractivity contribution in [1.29, 1.82) is 0 Å². The number of hydrogen-bond donors (Lipinski definition) is 0. The van der Waals surface area contributed by atoms with Gasteiger partial charge in [-0.3, -0.25) is 0 Å². The first-order valence-electron chi connectivity index (χ1n) is 14.8. The Balaban J connectivity index is 1.44. The van der Waals surface area contributed by atoms with E-state index in [2.05, 4.69) is 60.7 Å². The minimum Gasteiger partial charge on any atom is -0.493 e. The third-order valence-corrected chi connectivity index (χ3v) is 9.93. The van der Waals surface area contributed by atoms with Gasteiger partial charge in [0.25, 0.3) is 0 Å². The van der Waals surface area contributed by atoms with Gasteiger partial charge < -0.3 is 18.9 Å². The minimum atomic E-state index is 0.718. The molecule has 0 unspecified atom stereocenters. The molecule has 6 rings (SSSR count). The van der Waals surface area contributed by atoms with Gasteiger partial charge in [0.15, 0.2) is 0 Å². The topological polar surface area (TPSA) is 36.9 Å². The molecule has 0 saturated heterocycles. The van der Waals surface area contributed by atoms with Crippen molar-refractivity contribution in [3.63, 3.8) is 0 Å². The van der Waals surface area contributed by atoms with E-state index in [9.17, 15) is 0 Å². The fraction of sp³-hybridized carbons (Fsp3) is 0.412. The quantitative estimate of drug-likeness (QED) is 0.209. The predicted octanol–water partition coefficient (Wildman–Crippen LogP) is 10.3. The zero-order chi connectivity index (χ0) is 27.0. The fourth-order valence-electron chi connectivity index (χ4n) is 5.40. The summed E-state index contributed by atoms with van der Waals surface area (Å²) in [6.07, 6.45) is 11.2. The van der Waals surface area contributed by atoms with Gasteiger partial charge in [-0.25, -0.2) is 0 Å². The van der Waals surface area contributed by atoms with E-state index in [-0.39, 0.29) is 0 Å². The van der Waals surface area contributed by atoms with Crippen LogP contribution in [0, 0.1) is 0 Å². The molecule has 0 fully saturated rings. The summed E-state index contributed by atoms with van der Waals surface area (Å²) >= 11 is 3.60. The van der Waals surface area contributed by atoms with E-state index in [1.54, 1.807) is 22.7 Å². The van der Waals surface area contributed by atoms with E-state index in [1.165, 1.54) is 32.4 Å². The SMILES string of the molecule is c1cc2c3c(c1)OCCCCCCCOc1cccc(c1-c1ccc(s1)-c1ccc-3s1)OCCCCCCCO2. The molecule has 2 aromatic carbocycles. The summed E-state index contributed by atoms with van der Waals surface area (Å²) in [6.45, 7) is 2.87. The maximum absolute atomic E-state index is 6.40. The van der Waals surface area contributed by atoms with Gasteiger partial charge >= 0.3 is 0 Å². The minimum absolute atomic E-state index is 0.718. The van der Waals surface area contributed by atoms with E-state index >= 15 is 0 Å². The molecule has 2 aliphatic heterocycles. The number of benzene rings is 2. The lowest BCUT2D eigenvalue weighted by atomic mass is 10.1. The fourth-order valence-corrected chi connectivity index (χ4v) is 7.61. The molecule has 4 nitrogen and oxygen atoms in total. The summed E-state index contributed by atoms with van der Waals surface area (Å²) in [5.41, 5.74) is 2.17. The Morgan fingerprint density at radius 3 is 1.00 bits per heavy atom. The second-order valence-electron chi connectivity index (χ2n) is 10.5. The van der Waals surface area contributed by atoms with E-state index in [0.717, 1.165) is 112 Å². The van der Waals surface area contributed by atoms with Crippen LogP contribution in [0.15, 0.2) is 60.7 Å². The number of ether oxygens (including phenoxy) is 4. The molecule has 0 atom stereocenters. The third-order valence-electron chi connectivity index (χ3n) is 7.53. The molecule has 40 heavy (non-hydrogen) atoms. The molecule has 0 radical (unpaired) electrons. The van der Waals surface area contributed by atoms with Crippen LogP contribution in [-0.2, 0) is 0 Å². The zero-order valence-corrected chi connectivity index (χ0v) is 24.8. The van der Waals surface area contributed by atoms with Gasteiger partial charge in [0.2, 0.25) is 0 Å². The van der Waals surface area contributed by atoms with Crippen LogP contribution in [0.2, 0.25) is 0 Å². The molecule has 0 amide bonds. The third kappa shape index (κ3) is 6.50. The lowest BCUT2D eigenvalue weighted by Crippen LogP contribution is -2.04. The molecule has 6 heteroatoms. The van der Waals surface area contributed by atoms with E-state index in [0.29, 0.717) is 0 Å². The van der Waals surface area contributed by atoms with E-state index in [1.807, 2.05) is 0 Å². The first kappa shape index (κ1) is 27.2. The maximum atomic E-state index is 6.40. The summed E-state index contributed by atoms with van der Waals surface area (Å²) in [4.78, 5) is 4.84. The summed E-state index contributed by atoms with van der Waals surface area (Å²) < 4.78 is 25.6. The van der Waals surface area contributed by atoms with Gasteiger partial charge in [0, 0.05) is 19.5 Å². The molecule has 2 aromatic heterocycles. The first-order valence-corrected chi connectivity index (χ1v) is 16.5. The Morgan fingerprint density at radius 2 is 0.650 bits per heavy atom. The Kier molecular flexibility index (Phi) is 9.26. The van der Waals surface area contributed by atoms with Crippen LogP contribution in [0.25, 0.3) is 30.6 Å². The lowest BCUT2D eigenvalue weighted by molar-refractivity contribution is 0.282. The van der Waals surface area contributed by atoms with Gasteiger partial charge in [0.05, 0.1) is 37.6 Å². The highest BCUT2D eigenvalue weighted by atomic mass is 32.1. The van der Waals surface area contributed by atoms with Crippen LogP contribution in [0.1, 0.15) is 64.2 Å². The molecular formula is C34H38O4S2. The second kappa shape index (κ2) is 13.6. The van der Waals surface area contributed by atoms with Crippen molar-refractivity contribution < 1.29 is 18.9 Å². The van der Waals surface area contributed by atoms with Gasteiger partial charge in [0.1, 0.15) is 23.0 Å². The number of hydrogen-bond acceptors (Lipinski definition) is 6. The van der Waals surface area contributed by atoms with Crippen LogP contribution >= 0.6 is 22.7 Å². The van der Waals surface area contributed by atoms with Crippen LogP contribution < -0.4 is 18.9 Å². The number of rotatable bonds is 0. The van der Waals surface area contributed by atoms with Crippen molar-refractivity contribution in [2.45, 2.75) is 64.2 Å². The highest BCUT2D eigenvalue weighted by Crippen LogP contribution is 2.48. The van der Waals surface area contributed by atoms with Crippen molar-refractivity contribution in [1.82, 2.24) is 0 Å². The zero-order valence-electron chi connectivity index (χ0n) is 23.1. The molecule has 210 valence electrons. The average molecular weight is 575 g/mol. The second-order valence-corrected chi connectivity index (χ2v) is 12.7. The highest BCUT2D eigenvalue weighted by Gasteiger charge is 2.20. The van der Waals surface area contributed by atoms with Crippen LogP contribution in [-0.4, -0.2) is 26.4 Å².